The van der Waals surface area contributed by atoms with Gasteiger partial charge in [-0.05, 0) is 66.9 Å². The average molecular weight is 524 g/mol. The number of hydrogen-bond donors (Lipinski definition) is 4. The molecule has 3 amide bonds. The van der Waals surface area contributed by atoms with Crippen LogP contribution in [-0.4, -0.2) is 61.6 Å². The van der Waals surface area contributed by atoms with E-state index in [1.807, 2.05) is 0 Å². The minimum absolute atomic E-state index is 0.0188. The van der Waals surface area contributed by atoms with E-state index in [4.69, 9.17) is 14.2 Å². The van der Waals surface area contributed by atoms with Gasteiger partial charge < -0.3 is 29.7 Å². The SMILES string of the molecule is COc1cc(C(=O)NNC(=O)OC(C)(C)C)c(NC2CC2)c(F)c1N1CCC(NC(=O)OC(C)(C)C)C1. The minimum Gasteiger partial charge on any atom is -0.494 e. The number of anilines is 2. The molecule has 0 bridgehead atoms. The number of amides is 3. The van der Waals surface area contributed by atoms with Crippen molar-refractivity contribution in [2.75, 3.05) is 30.4 Å². The number of nitrogens with one attached hydrogen (secondary N) is 4. The molecule has 1 atom stereocenters. The Hall–Kier alpha value is -3.44. The fourth-order valence-electron chi connectivity index (χ4n) is 3.85. The number of nitrogens with zero attached hydrogens (tertiary/aromatic N) is 1. The normalized spacial score (nSPS) is 17.6. The summed E-state index contributed by atoms with van der Waals surface area (Å²) in [4.78, 5) is 38.9. The second kappa shape index (κ2) is 10.9. The summed E-state index contributed by atoms with van der Waals surface area (Å²) in [7, 11) is 1.39. The standard InChI is InChI=1S/C25H38FN5O6/c1-24(2,3)36-22(33)28-15-10-11-31(13-15)20-17(35-7)12-16(19(18(20)26)27-14-8-9-14)21(32)29-30-23(34)37-25(4,5)6/h12,14-15,27H,8-11,13H2,1-7H3,(H,28,33)(H,29,32)(H,30,34). The van der Waals surface area contributed by atoms with Crippen LogP contribution in [0.5, 0.6) is 5.75 Å². The lowest BCUT2D eigenvalue weighted by Crippen LogP contribution is -2.44. The molecule has 1 saturated carbocycles. The van der Waals surface area contributed by atoms with Crippen LogP contribution >= 0.6 is 0 Å². The first kappa shape index (κ1) is 28.1. The average Bonchev–Trinajstić information content (AvgIpc) is 3.47. The number of rotatable bonds is 6. The van der Waals surface area contributed by atoms with E-state index >= 15 is 4.39 Å². The molecule has 11 nitrogen and oxygen atoms in total. The highest BCUT2D eigenvalue weighted by atomic mass is 19.1. The molecule has 0 aromatic heterocycles. The molecule has 1 aromatic carbocycles. The molecule has 3 rings (SSSR count). The van der Waals surface area contributed by atoms with Crippen molar-refractivity contribution in [3.8, 4) is 5.75 Å². The van der Waals surface area contributed by atoms with Gasteiger partial charge in [-0.15, -0.1) is 0 Å². The van der Waals surface area contributed by atoms with Crippen molar-refractivity contribution in [2.45, 2.75) is 84.1 Å². The van der Waals surface area contributed by atoms with Crippen LogP contribution in [0.1, 0.15) is 71.2 Å². The van der Waals surface area contributed by atoms with E-state index in [1.165, 1.54) is 13.2 Å². The number of methoxy groups -OCH3 is 1. The van der Waals surface area contributed by atoms with E-state index in [0.717, 1.165) is 12.8 Å². The zero-order chi connectivity index (χ0) is 27.5. The maximum atomic E-state index is 16.0. The molecule has 1 unspecified atom stereocenters. The van der Waals surface area contributed by atoms with Gasteiger partial charge in [-0.2, -0.15) is 0 Å². The van der Waals surface area contributed by atoms with Gasteiger partial charge in [0.15, 0.2) is 5.82 Å². The van der Waals surface area contributed by atoms with Crippen LogP contribution < -0.4 is 31.1 Å². The van der Waals surface area contributed by atoms with E-state index < -0.39 is 35.1 Å². The van der Waals surface area contributed by atoms with Crippen LogP contribution in [0.2, 0.25) is 0 Å². The first-order valence-corrected chi connectivity index (χ1v) is 12.4. The number of benzene rings is 1. The van der Waals surface area contributed by atoms with Crippen molar-refractivity contribution in [3.63, 3.8) is 0 Å². The number of hydrogen-bond acceptors (Lipinski definition) is 8. The fraction of sp³-hybridized carbons (Fsp3) is 0.640. The third kappa shape index (κ3) is 8.02. The van der Waals surface area contributed by atoms with Gasteiger partial charge in [-0.3, -0.25) is 10.2 Å². The molecule has 2 aliphatic rings. The van der Waals surface area contributed by atoms with Crippen molar-refractivity contribution >= 4 is 29.5 Å². The lowest BCUT2D eigenvalue weighted by molar-refractivity contribution is 0.0480. The van der Waals surface area contributed by atoms with Gasteiger partial charge >= 0.3 is 12.2 Å². The molecule has 1 saturated heterocycles. The molecule has 37 heavy (non-hydrogen) atoms. The third-order valence-corrected chi connectivity index (χ3v) is 5.50. The summed E-state index contributed by atoms with van der Waals surface area (Å²) in [5.41, 5.74) is 3.26. The number of hydrazine groups is 1. The molecular weight excluding hydrogens is 485 g/mol. The van der Waals surface area contributed by atoms with Crippen LogP contribution in [-0.2, 0) is 9.47 Å². The van der Waals surface area contributed by atoms with Crippen molar-refractivity contribution in [3.05, 3.63) is 17.4 Å². The molecule has 4 N–H and O–H groups in total. The Kier molecular flexibility index (Phi) is 8.28. The summed E-state index contributed by atoms with van der Waals surface area (Å²) in [6.45, 7) is 11.2. The van der Waals surface area contributed by atoms with Gasteiger partial charge in [0.05, 0.1) is 24.4 Å². The summed E-state index contributed by atoms with van der Waals surface area (Å²) < 4.78 is 31.9. The van der Waals surface area contributed by atoms with E-state index in [9.17, 15) is 14.4 Å². The Balaban J connectivity index is 1.81. The summed E-state index contributed by atoms with van der Waals surface area (Å²) in [6.07, 6.45) is 0.900. The van der Waals surface area contributed by atoms with Gasteiger partial charge in [-0.1, -0.05) is 0 Å². The number of alkyl carbamates (subject to hydrolysis) is 1. The van der Waals surface area contributed by atoms with Crippen LogP contribution in [0.15, 0.2) is 6.07 Å². The first-order chi connectivity index (χ1) is 17.2. The number of halogens is 1. The van der Waals surface area contributed by atoms with Gasteiger partial charge in [0, 0.05) is 19.1 Å². The molecule has 12 heteroatoms. The topological polar surface area (TPSA) is 130 Å². The van der Waals surface area contributed by atoms with E-state index in [-0.39, 0.29) is 34.8 Å². The van der Waals surface area contributed by atoms with Crippen molar-refractivity contribution in [2.24, 2.45) is 0 Å². The highest BCUT2D eigenvalue weighted by molar-refractivity contribution is 6.02. The highest BCUT2D eigenvalue weighted by Crippen LogP contribution is 2.41. The molecular formula is C25H38FN5O6. The van der Waals surface area contributed by atoms with Gasteiger partial charge in [0.25, 0.3) is 5.91 Å². The smallest absolute Gasteiger partial charge is 0.426 e. The molecule has 0 spiro atoms. The van der Waals surface area contributed by atoms with Gasteiger partial charge in [0.2, 0.25) is 0 Å². The molecule has 1 aliphatic carbocycles. The van der Waals surface area contributed by atoms with Crippen molar-refractivity contribution in [1.82, 2.24) is 16.2 Å². The Morgan fingerprint density at radius 2 is 1.57 bits per heavy atom. The summed E-state index contributed by atoms with van der Waals surface area (Å²) >= 11 is 0. The summed E-state index contributed by atoms with van der Waals surface area (Å²) in [6, 6.07) is 1.23. The summed E-state index contributed by atoms with van der Waals surface area (Å²) in [5, 5.41) is 5.92. The van der Waals surface area contributed by atoms with E-state index in [0.29, 0.717) is 19.5 Å². The highest BCUT2D eigenvalue weighted by Gasteiger charge is 2.34. The number of carbonyl (C=O) groups excluding carboxylic acids is 3. The predicted octanol–water partition coefficient (Wildman–Crippen LogP) is 3.68. The Morgan fingerprint density at radius 3 is 2.14 bits per heavy atom. The lowest BCUT2D eigenvalue weighted by Gasteiger charge is -2.26. The lowest BCUT2D eigenvalue weighted by atomic mass is 10.1. The van der Waals surface area contributed by atoms with Crippen molar-refractivity contribution < 1.29 is 33.0 Å². The minimum atomic E-state index is -0.845. The van der Waals surface area contributed by atoms with E-state index in [1.54, 1.807) is 46.4 Å². The zero-order valence-corrected chi connectivity index (χ0v) is 22.5. The number of carbonyl (C=O) groups is 3. The second-order valence-electron chi connectivity index (χ2n) is 11.2. The maximum Gasteiger partial charge on any atom is 0.426 e. The number of ether oxygens (including phenoxy) is 3. The van der Waals surface area contributed by atoms with Gasteiger partial charge in [-0.25, -0.2) is 19.4 Å². The molecule has 2 fully saturated rings. The van der Waals surface area contributed by atoms with Crippen LogP contribution in [0.25, 0.3) is 0 Å². The third-order valence-electron chi connectivity index (χ3n) is 5.50. The molecule has 0 radical (unpaired) electrons. The Morgan fingerprint density at radius 1 is 0.946 bits per heavy atom. The molecule has 1 aliphatic heterocycles. The zero-order valence-electron chi connectivity index (χ0n) is 22.5. The van der Waals surface area contributed by atoms with E-state index in [2.05, 4.69) is 21.5 Å². The maximum absolute atomic E-state index is 16.0. The first-order valence-electron chi connectivity index (χ1n) is 12.4. The predicted molar refractivity (Wildman–Crippen MR) is 136 cm³/mol. The fourth-order valence-corrected chi connectivity index (χ4v) is 3.85. The van der Waals surface area contributed by atoms with Gasteiger partial charge in [0.1, 0.15) is 22.6 Å². The largest absolute Gasteiger partial charge is 0.494 e. The molecule has 1 aromatic rings. The van der Waals surface area contributed by atoms with Crippen molar-refractivity contribution in [1.29, 1.82) is 0 Å². The molecule has 1 heterocycles. The summed E-state index contributed by atoms with van der Waals surface area (Å²) in [5.74, 6) is -1.23. The second-order valence-corrected chi connectivity index (χ2v) is 11.2. The molecule has 206 valence electrons. The Labute approximate surface area is 216 Å². The van der Waals surface area contributed by atoms with Crippen LogP contribution in [0, 0.1) is 5.82 Å². The monoisotopic (exact) mass is 523 g/mol. The van der Waals surface area contributed by atoms with Crippen LogP contribution in [0.3, 0.4) is 0 Å². The quantitative estimate of drug-likeness (QED) is 0.416. The van der Waals surface area contributed by atoms with Crippen LogP contribution in [0.4, 0.5) is 25.4 Å². The Bertz CT molecular complexity index is 1030.